The van der Waals surface area contributed by atoms with Gasteiger partial charge in [-0.1, -0.05) is 44.2 Å². The van der Waals surface area contributed by atoms with E-state index in [1.54, 1.807) is 31.4 Å². The average molecular weight is 441 g/mol. The van der Waals surface area contributed by atoms with Crippen molar-refractivity contribution in [1.29, 1.82) is 0 Å². The largest absolute Gasteiger partial charge is 0.497 e. The average Bonchev–Trinajstić information content (AvgIpc) is 3.05. The van der Waals surface area contributed by atoms with Gasteiger partial charge in [0.25, 0.3) is 11.8 Å². The lowest BCUT2D eigenvalue weighted by atomic mass is 10.0. The molecule has 1 N–H and O–H groups in total. The predicted octanol–water partition coefficient (Wildman–Crippen LogP) is 5.83. The molecule has 0 atom stereocenters. The van der Waals surface area contributed by atoms with Crippen LogP contribution < -0.4 is 15.0 Å². The van der Waals surface area contributed by atoms with Gasteiger partial charge in [0.15, 0.2) is 0 Å². The summed E-state index contributed by atoms with van der Waals surface area (Å²) in [5.74, 6) is 0.362. The predicted molar refractivity (Wildman–Crippen MR) is 132 cm³/mol. The van der Waals surface area contributed by atoms with Crippen LogP contribution in [-0.4, -0.2) is 18.9 Å². The summed E-state index contributed by atoms with van der Waals surface area (Å²) >= 11 is 0. The zero-order valence-corrected chi connectivity index (χ0v) is 19.6. The van der Waals surface area contributed by atoms with Gasteiger partial charge < -0.3 is 10.1 Å². The van der Waals surface area contributed by atoms with Crippen LogP contribution in [0.5, 0.6) is 5.75 Å². The second kappa shape index (κ2) is 8.94. The number of nitrogens with zero attached hydrogens (tertiary/aromatic N) is 1. The maximum absolute atomic E-state index is 13.6. The van der Waals surface area contributed by atoms with Crippen molar-refractivity contribution in [3.8, 4) is 5.75 Å². The zero-order valence-electron chi connectivity index (χ0n) is 19.6. The van der Waals surface area contributed by atoms with Gasteiger partial charge in [-0.3, -0.25) is 9.59 Å². The molecular formula is C28H28N2O3. The van der Waals surface area contributed by atoms with E-state index < -0.39 is 0 Å². The fourth-order valence-corrected chi connectivity index (χ4v) is 3.87. The Bertz CT molecular complexity index is 1240. The minimum atomic E-state index is -0.373. The van der Waals surface area contributed by atoms with Crippen LogP contribution in [0.25, 0.3) is 5.57 Å². The molecule has 5 nitrogen and oxygen atoms in total. The van der Waals surface area contributed by atoms with Crippen molar-refractivity contribution in [2.24, 2.45) is 0 Å². The zero-order chi connectivity index (χ0) is 23.7. The normalized spacial score (nSPS) is 13.8. The minimum Gasteiger partial charge on any atom is -0.497 e. The van der Waals surface area contributed by atoms with Crippen molar-refractivity contribution in [2.45, 2.75) is 33.6 Å². The van der Waals surface area contributed by atoms with Crippen LogP contribution in [0.1, 0.15) is 42.0 Å². The van der Waals surface area contributed by atoms with Crippen molar-refractivity contribution < 1.29 is 14.3 Å². The van der Waals surface area contributed by atoms with E-state index in [9.17, 15) is 9.59 Å². The quantitative estimate of drug-likeness (QED) is 0.490. The molecule has 33 heavy (non-hydrogen) atoms. The summed E-state index contributed by atoms with van der Waals surface area (Å²) < 4.78 is 5.25. The van der Waals surface area contributed by atoms with Gasteiger partial charge >= 0.3 is 0 Å². The minimum absolute atomic E-state index is 0.265. The molecule has 0 bridgehead atoms. The number of carbonyl (C=O) groups is 2. The number of benzene rings is 3. The third kappa shape index (κ3) is 4.27. The van der Waals surface area contributed by atoms with Crippen LogP contribution in [0.15, 0.2) is 72.4 Å². The Labute approximate surface area is 194 Å². The maximum atomic E-state index is 13.6. The van der Waals surface area contributed by atoms with Crippen LogP contribution >= 0.6 is 0 Å². The van der Waals surface area contributed by atoms with Crippen LogP contribution in [0.2, 0.25) is 0 Å². The molecule has 1 aliphatic heterocycles. The molecule has 0 saturated carbocycles. The van der Waals surface area contributed by atoms with E-state index >= 15 is 0 Å². The van der Waals surface area contributed by atoms with Crippen molar-refractivity contribution in [1.82, 2.24) is 0 Å². The summed E-state index contributed by atoms with van der Waals surface area (Å²) in [4.78, 5) is 28.4. The first-order valence-corrected chi connectivity index (χ1v) is 11.0. The summed E-state index contributed by atoms with van der Waals surface area (Å²) in [5.41, 5.74) is 5.90. The summed E-state index contributed by atoms with van der Waals surface area (Å²) in [7, 11) is 1.59. The number of aryl methyl sites for hydroxylation is 2. The van der Waals surface area contributed by atoms with Crippen LogP contribution in [0.4, 0.5) is 11.4 Å². The Morgan fingerprint density at radius 2 is 1.48 bits per heavy atom. The van der Waals surface area contributed by atoms with E-state index in [4.69, 9.17) is 4.74 Å². The molecule has 0 radical (unpaired) electrons. The van der Waals surface area contributed by atoms with Crippen LogP contribution in [0, 0.1) is 13.8 Å². The van der Waals surface area contributed by atoms with Crippen molar-refractivity contribution in [3.63, 3.8) is 0 Å². The second-order valence-electron chi connectivity index (χ2n) is 8.59. The number of rotatable bonds is 6. The second-order valence-corrected chi connectivity index (χ2v) is 8.59. The van der Waals surface area contributed by atoms with Crippen molar-refractivity contribution in [2.75, 3.05) is 17.3 Å². The van der Waals surface area contributed by atoms with Crippen molar-refractivity contribution >= 4 is 28.8 Å². The van der Waals surface area contributed by atoms with E-state index in [1.807, 2.05) is 56.3 Å². The number of hydrogen-bond acceptors (Lipinski definition) is 4. The number of imide groups is 1. The fourth-order valence-electron chi connectivity index (χ4n) is 3.87. The number of nitrogens with one attached hydrogen (secondary N) is 1. The third-order valence-electron chi connectivity index (χ3n) is 6.06. The molecule has 2 amide bonds. The Kier molecular flexibility index (Phi) is 6.05. The fraction of sp³-hybridized carbons (Fsp3) is 0.214. The molecule has 0 saturated heterocycles. The summed E-state index contributed by atoms with van der Waals surface area (Å²) in [6.07, 6.45) is 0. The molecule has 4 rings (SSSR count). The number of carbonyl (C=O) groups excluding carboxylic acids is 2. The molecule has 0 fully saturated rings. The van der Waals surface area contributed by atoms with E-state index in [1.165, 1.54) is 10.5 Å². The Morgan fingerprint density at radius 1 is 0.818 bits per heavy atom. The van der Waals surface area contributed by atoms with Crippen LogP contribution in [0.3, 0.4) is 0 Å². The molecule has 0 aliphatic carbocycles. The van der Waals surface area contributed by atoms with Gasteiger partial charge in [-0.2, -0.15) is 0 Å². The molecule has 168 valence electrons. The Morgan fingerprint density at radius 3 is 2.06 bits per heavy atom. The van der Waals surface area contributed by atoms with Gasteiger partial charge in [0.2, 0.25) is 0 Å². The number of anilines is 2. The van der Waals surface area contributed by atoms with Gasteiger partial charge in [-0.25, -0.2) is 4.90 Å². The standard InChI is InChI=1S/C28H28N2O3/c1-17(2)20-7-11-22(12-8-20)29-26-25(21-9-14-24(33-5)15-10-21)27(31)30(28(26)32)23-13-6-18(3)19(4)16-23/h6-17,29H,1-5H3. The molecule has 5 heteroatoms. The lowest BCUT2D eigenvalue weighted by Gasteiger charge is -2.17. The van der Waals surface area contributed by atoms with Crippen molar-refractivity contribution in [3.05, 3.63) is 94.7 Å². The Balaban J connectivity index is 1.78. The summed E-state index contributed by atoms with van der Waals surface area (Å²) in [6, 6.07) is 20.7. The van der Waals surface area contributed by atoms with E-state index in [-0.39, 0.29) is 17.5 Å². The molecule has 3 aromatic rings. The Hall–Kier alpha value is -3.86. The van der Waals surface area contributed by atoms with E-state index in [0.29, 0.717) is 28.5 Å². The molecule has 0 aromatic heterocycles. The van der Waals surface area contributed by atoms with Crippen LogP contribution in [-0.2, 0) is 9.59 Å². The highest BCUT2D eigenvalue weighted by Gasteiger charge is 2.40. The van der Waals surface area contributed by atoms with E-state index in [0.717, 1.165) is 16.8 Å². The SMILES string of the molecule is COc1ccc(C2=C(Nc3ccc(C(C)C)cc3)C(=O)N(c3ccc(C)c(C)c3)C2=O)cc1. The smallest absolute Gasteiger partial charge is 0.282 e. The molecule has 1 heterocycles. The first-order chi connectivity index (χ1) is 15.8. The highest BCUT2D eigenvalue weighted by molar-refractivity contribution is 6.46. The lowest BCUT2D eigenvalue weighted by molar-refractivity contribution is -0.120. The molecular weight excluding hydrogens is 412 g/mol. The lowest BCUT2D eigenvalue weighted by Crippen LogP contribution is -2.32. The topological polar surface area (TPSA) is 58.6 Å². The summed E-state index contributed by atoms with van der Waals surface area (Å²) in [5, 5.41) is 3.23. The third-order valence-corrected chi connectivity index (χ3v) is 6.06. The number of ether oxygens (including phenoxy) is 1. The highest BCUT2D eigenvalue weighted by Crippen LogP contribution is 2.35. The molecule has 3 aromatic carbocycles. The van der Waals surface area contributed by atoms with Gasteiger partial charge in [-0.15, -0.1) is 0 Å². The molecule has 1 aliphatic rings. The first kappa shape index (κ1) is 22.3. The van der Waals surface area contributed by atoms with E-state index in [2.05, 4.69) is 19.2 Å². The molecule has 0 unspecified atom stereocenters. The van der Waals surface area contributed by atoms with Gasteiger partial charge in [0.1, 0.15) is 11.4 Å². The van der Waals surface area contributed by atoms with Gasteiger partial charge in [0.05, 0.1) is 18.4 Å². The van der Waals surface area contributed by atoms with Gasteiger partial charge in [-0.05, 0) is 78.4 Å². The van der Waals surface area contributed by atoms with Gasteiger partial charge in [0, 0.05) is 5.69 Å². The maximum Gasteiger partial charge on any atom is 0.282 e. The monoisotopic (exact) mass is 440 g/mol. The number of methoxy groups -OCH3 is 1. The first-order valence-electron chi connectivity index (χ1n) is 11.0. The number of amides is 2. The molecule has 0 spiro atoms. The number of hydrogen-bond donors (Lipinski definition) is 1. The highest BCUT2D eigenvalue weighted by atomic mass is 16.5. The summed E-state index contributed by atoms with van der Waals surface area (Å²) in [6.45, 7) is 8.24.